The molecule has 0 spiro atoms. The van der Waals surface area contributed by atoms with E-state index in [4.69, 9.17) is 4.74 Å². The van der Waals surface area contributed by atoms with Crippen LogP contribution in [0, 0.1) is 6.92 Å². The van der Waals surface area contributed by atoms with Crippen LogP contribution in [0.2, 0.25) is 0 Å². The summed E-state index contributed by atoms with van der Waals surface area (Å²) in [4.78, 5) is 15.2. The van der Waals surface area contributed by atoms with E-state index in [0.29, 0.717) is 6.10 Å². The molecular formula is C18H22N2O2S. The van der Waals surface area contributed by atoms with Crippen LogP contribution in [0.25, 0.3) is 0 Å². The largest absolute Gasteiger partial charge is 0.380 e. The van der Waals surface area contributed by atoms with Gasteiger partial charge in [0.25, 0.3) is 5.91 Å². The zero-order valence-corrected chi connectivity index (χ0v) is 14.4. The van der Waals surface area contributed by atoms with Crippen LogP contribution < -0.4 is 10.2 Å². The Morgan fingerprint density at radius 2 is 2.13 bits per heavy atom. The number of hydrogen-bond acceptors (Lipinski definition) is 4. The third-order valence-electron chi connectivity index (χ3n) is 4.16. The predicted octanol–water partition coefficient (Wildman–Crippen LogP) is 3.92. The molecule has 1 atom stereocenters. The first kappa shape index (κ1) is 16.0. The topological polar surface area (TPSA) is 41.6 Å². The lowest BCUT2D eigenvalue weighted by molar-refractivity contribution is 0.0893. The number of thiophene rings is 1. The number of aryl methyl sites for hydroxylation is 1. The van der Waals surface area contributed by atoms with Crippen LogP contribution >= 0.6 is 11.3 Å². The third kappa shape index (κ3) is 3.92. The Balaban J connectivity index is 1.64. The number of hydrogen-bond donors (Lipinski definition) is 1. The first-order chi connectivity index (χ1) is 11.2. The summed E-state index contributed by atoms with van der Waals surface area (Å²) < 4.78 is 5.47. The van der Waals surface area contributed by atoms with Crippen molar-refractivity contribution < 1.29 is 9.53 Å². The number of nitrogens with zero attached hydrogens (tertiary/aromatic N) is 1. The summed E-state index contributed by atoms with van der Waals surface area (Å²) in [5.74, 6) is -0.0479. The second-order valence-electron chi connectivity index (χ2n) is 5.94. The minimum Gasteiger partial charge on any atom is -0.380 e. The number of piperidine rings is 1. The molecule has 122 valence electrons. The van der Waals surface area contributed by atoms with E-state index in [9.17, 15) is 4.79 Å². The van der Waals surface area contributed by atoms with E-state index in [0.717, 1.165) is 42.1 Å². The summed E-state index contributed by atoms with van der Waals surface area (Å²) in [7, 11) is 1.78. The van der Waals surface area contributed by atoms with Crippen LogP contribution in [0.3, 0.4) is 0 Å². The van der Waals surface area contributed by atoms with E-state index in [1.165, 1.54) is 17.0 Å². The Hall–Kier alpha value is -1.85. The number of methoxy groups -OCH3 is 1. The maximum atomic E-state index is 12.2. The summed E-state index contributed by atoms with van der Waals surface area (Å²) in [6, 6.07) is 9.96. The molecular weight excluding hydrogens is 308 g/mol. The van der Waals surface area contributed by atoms with Crippen LogP contribution in [0.1, 0.15) is 28.1 Å². The molecule has 1 aliphatic heterocycles. The minimum atomic E-state index is -0.0479. The van der Waals surface area contributed by atoms with Crippen molar-refractivity contribution in [1.29, 1.82) is 0 Å². The zero-order chi connectivity index (χ0) is 16.2. The Kier molecular flexibility index (Phi) is 4.98. The van der Waals surface area contributed by atoms with Crippen LogP contribution in [0.4, 0.5) is 11.4 Å². The van der Waals surface area contributed by atoms with Gasteiger partial charge in [0, 0.05) is 31.6 Å². The van der Waals surface area contributed by atoms with E-state index in [2.05, 4.69) is 22.3 Å². The van der Waals surface area contributed by atoms with Gasteiger partial charge in [-0.25, -0.2) is 0 Å². The molecule has 1 N–H and O–H groups in total. The highest BCUT2D eigenvalue weighted by Gasteiger charge is 2.19. The van der Waals surface area contributed by atoms with Crippen molar-refractivity contribution in [2.75, 3.05) is 30.4 Å². The summed E-state index contributed by atoms with van der Waals surface area (Å²) >= 11 is 1.47. The van der Waals surface area contributed by atoms with E-state index >= 15 is 0 Å². The van der Waals surface area contributed by atoms with Gasteiger partial charge in [0.15, 0.2) is 0 Å². The molecule has 2 aromatic rings. The molecule has 1 aliphatic rings. The van der Waals surface area contributed by atoms with Gasteiger partial charge in [0.2, 0.25) is 0 Å². The molecule has 1 saturated heterocycles. The molecule has 23 heavy (non-hydrogen) atoms. The number of carbonyl (C=O) groups excluding carboxylic acids is 1. The van der Waals surface area contributed by atoms with Gasteiger partial charge in [-0.3, -0.25) is 4.79 Å². The van der Waals surface area contributed by atoms with Crippen LogP contribution in [0.15, 0.2) is 35.7 Å². The van der Waals surface area contributed by atoms with Gasteiger partial charge in [-0.05, 0) is 61.0 Å². The molecule has 0 saturated carbocycles. The van der Waals surface area contributed by atoms with Gasteiger partial charge >= 0.3 is 0 Å². The van der Waals surface area contributed by atoms with E-state index in [1.54, 1.807) is 7.11 Å². The molecule has 0 bridgehead atoms. The fourth-order valence-corrected chi connectivity index (χ4v) is 3.66. The quantitative estimate of drug-likeness (QED) is 0.924. The summed E-state index contributed by atoms with van der Waals surface area (Å²) in [6.07, 6.45) is 2.58. The summed E-state index contributed by atoms with van der Waals surface area (Å²) in [5, 5.41) is 4.94. The first-order valence-electron chi connectivity index (χ1n) is 7.90. The lowest BCUT2D eigenvalue weighted by Crippen LogP contribution is -2.39. The third-order valence-corrected chi connectivity index (χ3v) is 5.20. The molecule has 4 nitrogen and oxygen atoms in total. The number of ether oxygens (including phenoxy) is 1. The highest BCUT2D eigenvalue weighted by Crippen LogP contribution is 2.23. The van der Waals surface area contributed by atoms with Crippen molar-refractivity contribution >= 4 is 28.6 Å². The number of carbonyl (C=O) groups is 1. The van der Waals surface area contributed by atoms with Crippen molar-refractivity contribution in [3.05, 3.63) is 46.2 Å². The maximum Gasteiger partial charge on any atom is 0.265 e. The van der Waals surface area contributed by atoms with Gasteiger partial charge in [-0.2, -0.15) is 0 Å². The number of anilines is 2. The molecule has 1 aromatic heterocycles. The number of nitrogens with one attached hydrogen (secondary N) is 1. The fraction of sp³-hybridized carbons (Fsp3) is 0.389. The second kappa shape index (κ2) is 7.15. The molecule has 3 rings (SSSR count). The normalized spacial score (nSPS) is 18.0. The molecule has 0 unspecified atom stereocenters. The van der Waals surface area contributed by atoms with Gasteiger partial charge in [-0.15, -0.1) is 11.3 Å². The van der Waals surface area contributed by atoms with Gasteiger partial charge in [0.1, 0.15) is 0 Å². The van der Waals surface area contributed by atoms with Crippen molar-refractivity contribution in [3.8, 4) is 0 Å². The lowest BCUT2D eigenvalue weighted by atomic mass is 10.1. The Morgan fingerprint density at radius 1 is 1.35 bits per heavy atom. The maximum absolute atomic E-state index is 12.2. The van der Waals surface area contributed by atoms with Gasteiger partial charge in [0.05, 0.1) is 11.0 Å². The number of rotatable bonds is 4. The Morgan fingerprint density at radius 3 is 2.78 bits per heavy atom. The Bertz CT molecular complexity index is 666. The Labute approximate surface area is 141 Å². The molecule has 1 fully saturated rings. The highest BCUT2D eigenvalue weighted by molar-refractivity contribution is 7.12. The second-order valence-corrected chi connectivity index (χ2v) is 6.85. The monoisotopic (exact) mass is 330 g/mol. The molecule has 0 aliphatic carbocycles. The van der Waals surface area contributed by atoms with E-state index in [-0.39, 0.29) is 5.91 Å². The van der Waals surface area contributed by atoms with Crippen LogP contribution in [-0.4, -0.2) is 32.2 Å². The van der Waals surface area contributed by atoms with Crippen molar-refractivity contribution in [1.82, 2.24) is 0 Å². The lowest BCUT2D eigenvalue weighted by Gasteiger charge is -2.33. The van der Waals surface area contributed by atoms with Gasteiger partial charge in [-0.1, -0.05) is 0 Å². The number of benzene rings is 1. The SMILES string of the molecule is CO[C@@H]1CCCN(c2ccc(NC(=O)c3cc(C)cs3)cc2)C1. The van der Waals surface area contributed by atoms with E-state index in [1.807, 2.05) is 30.5 Å². The van der Waals surface area contributed by atoms with E-state index < -0.39 is 0 Å². The minimum absolute atomic E-state index is 0.0479. The smallest absolute Gasteiger partial charge is 0.265 e. The van der Waals surface area contributed by atoms with Crippen LogP contribution in [0.5, 0.6) is 0 Å². The van der Waals surface area contributed by atoms with Crippen molar-refractivity contribution in [2.45, 2.75) is 25.9 Å². The molecule has 2 heterocycles. The standard InChI is InChI=1S/C18H22N2O2S/c1-13-10-17(23-12-13)18(21)19-14-5-7-15(8-6-14)20-9-3-4-16(11-20)22-2/h5-8,10,12,16H,3-4,9,11H2,1-2H3,(H,19,21)/t16-/m1/s1. The zero-order valence-electron chi connectivity index (χ0n) is 13.5. The van der Waals surface area contributed by atoms with Gasteiger partial charge < -0.3 is 15.0 Å². The molecule has 1 aromatic carbocycles. The molecule has 1 amide bonds. The van der Waals surface area contributed by atoms with Crippen molar-refractivity contribution in [3.63, 3.8) is 0 Å². The number of amides is 1. The van der Waals surface area contributed by atoms with Crippen molar-refractivity contribution in [2.24, 2.45) is 0 Å². The first-order valence-corrected chi connectivity index (χ1v) is 8.78. The predicted molar refractivity (Wildman–Crippen MR) is 95.7 cm³/mol. The average molecular weight is 330 g/mol. The summed E-state index contributed by atoms with van der Waals surface area (Å²) in [5.41, 5.74) is 3.12. The highest BCUT2D eigenvalue weighted by atomic mass is 32.1. The summed E-state index contributed by atoms with van der Waals surface area (Å²) in [6.45, 7) is 3.98. The molecule has 5 heteroatoms. The van der Waals surface area contributed by atoms with Crippen LogP contribution in [-0.2, 0) is 4.74 Å². The fourth-order valence-electron chi connectivity index (χ4n) is 2.86. The average Bonchev–Trinajstić information content (AvgIpc) is 3.02. The molecule has 0 radical (unpaired) electrons.